The van der Waals surface area contributed by atoms with E-state index in [2.05, 4.69) is 11.3 Å². The highest BCUT2D eigenvalue weighted by atomic mass is 16.5. The van der Waals surface area contributed by atoms with Crippen molar-refractivity contribution in [3.63, 3.8) is 0 Å². The maximum Gasteiger partial charge on any atom is 0.338 e. The molecule has 0 bridgehead atoms. The summed E-state index contributed by atoms with van der Waals surface area (Å²) in [5.74, 6) is 0.539. The summed E-state index contributed by atoms with van der Waals surface area (Å²) < 4.78 is 14.9. The molecule has 3 heterocycles. The lowest BCUT2D eigenvalue weighted by atomic mass is 10.2. The van der Waals surface area contributed by atoms with Gasteiger partial charge in [-0.05, 0) is 50.1 Å². The lowest BCUT2D eigenvalue weighted by molar-refractivity contribution is -0.134. The Morgan fingerprint density at radius 2 is 1.78 bits per heavy atom. The van der Waals surface area contributed by atoms with E-state index in [9.17, 15) is 9.59 Å². The van der Waals surface area contributed by atoms with Crippen LogP contribution in [-0.2, 0) is 16.0 Å². The highest BCUT2D eigenvalue weighted by molar-refractivity contribution is 6.01. The topological polar surface area (TPSA) is 87.7 Å². The van der Waals surface area contributed by atoms with Gasteiger partial charge in [-0.1, -0.05) is 32.0 Å². The monoisotopic (exact) mass is 484 g/mol. The van der Waals surface area contributed by atoms with Crippen molar-refractivity contribution in [1.82, 2.24) is 18.9 Å². The van der Waals surface area contributed by atoms with E-state index in [1.54, 1.807) is 31.3 Å². The van der Waals surface area contributed by atoms with E-state index < -0.39 is 5.97 Å². The van der Waals surface area contributed by atoms with Gasteiger partial charge in [0.15, 0.2) is 17.0 Å². The largest absolute Gasteiger partial charge is 0.462 e. The number of rotatable bonds is 8. The van der Waals surface area contributed by atoms with Crippen LogP contribution in [0.1, 0.15) is 56.2 Å². The summed E-state index contributed by atoms with van der Waals surface area (Å²) in [6, 6.07) is 15.1. The van der Waals surface area contributed by atoms with Gasteiger partial charge in [0.1, 0.15) is 11.2 Å². The van der Waals surface area contributed by atoms with Gasteiger partial charge >= 0.3 is 11.9 Å². The van der Waals surface area contributed by atoms with Gasteiger partial charge in [0, 0.05) is 18.5 Å². The molecule has 0 fully saturated rings. The predicted molar refractivity (Wildman–Crippen MR) is 138 cm³/mol. The van der Waals surface area contributed by atoms with Crippen LogP contribution in [0.2, 0.25) is 0 Å². The summed E-state index contributed by atoms with van der Waals surface area (Å²) in [5.41, 5.74) is 4.23. The summed E-state index contributed by atoms with van der Waals surface area (Å²) in [5, 5.41) is 0.650. The van der Waals surface area contributed by atoms with Crippen LogP contribution in [0.4, 0.5) is 0 Å². The van der Waals surface area contributed by atoms with Crippen LogP contribution in [0.3, 0.4) is 0 Å². The number of imidazole rings is 1. The second kappa shape index (κ2) is 9.81. The molecule has 0 amide bonds. The number of para-hydroxylation sites is 2. The molecule has 2 aromatic carbocycles. The maximum absolute atomic E-state index is 12.6. The third-order valence-electron chi connectivity index (χ3n) is 6.01. The molecule has 0 radical (unpaired) electrons. The minimum Gasteiger partial charge on any atom is -0.462 e. The van der Waals surface area contributed by atoms with Crippen molar-refractivity contribution in [3.05, 3.63) is 66.1 Å². The Morgan fingerprint density at radius 1 is 0.944 bits per heavy atom. The molecule has 0 spiro atoms. The van der Waals surface area contributed by atoms with Crippen molar-refractivity contribution in [2.24, 2.45) is 0 Å². The van der Waals surface area contributed by atoms with E-state index in [4.69, 9.17) is 19.4 Å². The van der Waals surface area contributed by atoms with Crippen molar-refractivity contribution < 1.29 is 19.1 Å². The molecule has 0 aliphatic rings. The number of hydrogen-bond acceptors (Lipinski definition) is 6. The quantitative estimate of drug-likeness (QED) is 0.264. The molecule has 8 nitrogen and oxygen atoms in total. The molecular weight excluding hydrogens is 456 g/mol. The number of aromatic nitrogens is 4. The highest BCUT2D eigenvalue weighted by Gasteiger charge is 2.23. The van der Waals surface area contributed by atoms with Crippen LogP contribution >= 0.6 is 0 Å². The van der Waals surface area contributed by atoms with E-state index in [-0.39, 0.29) is 5.97 Å². The number of esters is 2. The fraction of sp³-hybridized carbons (Fsp3) is 0.286. The number of aryl methyl sites for hydroxylation is 1. The SMILES string of the molecule is CCCC(=O)Oc1cn(-c2cccc(C(=O)OCC)c2)c2nc(CCC)n3c4ccccc4nc3c12. The zero-order valence-corrected chi connectivity index (χ0v) is 20.7. The van der Waals surface area contributed by atoms with Gasteiger partial charge in [-0.3, -0.25) is 13.8 Å². The van der Waals surface area contributed by atoms with Crippen LogP contribution < -0.4 is 4.74 Å². The summed E-state index contributed by atoms with van der Waals surface area (Å²) in [7, 11) is 0. The summed E-state index contributed by atoms with van der Waals surface area (Å²) in [6.45, 7) is 6.11. The first-order chi connectivity index (χ1) is 17.5. The molecule has 0 atom stereocenters. The van der Waals surface area contributed by atoms with E-state index in [1.807, 2.05) is 41.8 Å². The average molecular weight is 485 g/mol. The Morgan fingerprint density at radius 3 is 2.56 bits per heavy atom. The molecule has 184 valence electrons. The smallest absolute Gasteiger partial charge is 0.338 e. The predicted octanol–water partition coefficient (Wildman–Crippen LogP) is 5.66. The van der Waals surface area contributed by atoms with Crippen LogP contribution in [0, 0.1) is 0 Å². The summed E-state index contributed by atoms with van der Waals surface area (Å²) >= 11 is 0. The standard InChI is InChI=1S/C28H28N4O4/c1-4-10-23-30-26-25(27-29-20-14-7-8-15-21(20)32(23)27)22(36-24(33)11-5-2)17-31(26)19-13-9-12-18(16-19)28(34)35-6-3/h7-9,12-17H,4-6,10-11H2,1-3H3. The number of fused-ring (bicyclic) bond motifs is 5. The zero-order chi connectivity index (χ0) is 25.2. The molecule has 5 aromatic rings. The van der Waals surface area contributed by atoms with Gasteiger partial charge in [0.2, 0.25) is 0 Å². The third-order valence-corrected chi connectivity index (χ3v) is 6.01. The number of ether oxygens (including phenoxy) is 2. The van der Waals surface area contributed by atoms with Crippen LogP contribution in [0.15, 0.2) is 54.7 Å². The average Bonchev–Trinajstić information content (AvgIpc) is 3.43. The van der Waals surface area contributed by atoms with E-state index in [0.29, 0.717) is 53.1 Å². The van der Waals surface area contributed by atoms with Crippen molar-refractivity contribution in [2.45, 2.75) is 46.5 Å². The first kappa shape index (κ1) is 23.5. The van der Waals surface area contributed by atoms with Gasteiger partial charge in [-0.15, -0.1) is 0 Å². The molecule has 5 rings (SSSR count). The van der Waals surface area contributed by atoms with Gasteiger partial charge in [0.05, 0.1) is 29.4 Å². The molecule has 0 unspecified atom stereocenters. The van der Waals surface area contributed by atoms with Crippen LogP contribution in [0.5, 0.6) is 5.75 Å². The number of carbonyl (C=O) groups is 2. The van der Waals surface area contributed by atoms with Gasteiger partial charge in [-0.25, -0.2) is 14.8 Å². The van der Waals surface area contributed by atoms with Crippen molar-refractivity contribution in [1.29, 1.82) is 0 Å². The van der Waals surface area contributed by atoms with E-state index in [0.717, 1.165) is 29.7 Å². The van der Waals surface area contributed by atoms with E-state index in [1.165, 1.54) is 0 Å². The lowest BCUT2D eigenvalue weighted by Crippen LogP contribution is -2.07. The summed E-state index contributed by atoms with van der Waals surface area (Å²) in [4.78, 5) is 34.9. The van der Waals surface area contributed by atoms with Crippen molar-refractivity contribution in [2.75, 3.05) is 6.61 Å². The first-order valence-corrected chi connectivity index (χ1v) is 12.3. The Bertz CT molecular complexity index is 1600. The second-order valence-corrected chi connectivity index (χ2v) is 8.59. The summed E-state index contributed by atoms with van der Waals surface area (Å²) in [6.07, 6.45) is 4.38. The zero-order valence-electron chi connectivity index (χ0n) is 20.7. The minimum atomic E-state index is -0.396. The molecule has 0 aliphatic carbocycles. The number of benzene rings is 2. The van der Waals surface area contributed by atoms with Gasteiger partial charge in [-0.2, -0.15) is 0 Å². The fourth-order valence-corrected chi connectivity index (χ4v) is 4.46. The Kier molecular flexibility index (Phi) is 6.41. The minimum absolute atomic E-state index is 0.292. The third kappa shape index (κ3) is 4.08. The molecule has 0 N–H and O–H groups in total. The number of carbonyl (C=O) groups excluding carboxylic acids is 2. The van der Waals surface area contributed by atoms with Gasteiger partial charge < -0.3 is 9.47 Å². The number of nitrogens with zero attached hydrogens (tertiary/aromatic N) is 4. The molecule has 0 saturated heterocycles. The molecular formula is C28H28N4O4. The van der Waals surface area contributed by atoms with Crippen molar-refractivity contribution in [3.8, 4) is 11.4 Å². The van der Waals surface area contributed by atoms with Crippen LogP contribution in [0.25, 0.3) is 33.4 Å². The normalized spacial score (nSPS) is 11.4. The number of hydrogen-bond donors (Lipinski definition) is 0. The molecule has 36 heavy (non-hydrogen) atoms. The second-order valence-electron chi connectivity index (χ2n) is 8.59. The molecule has 3 aromatic heterocycles. The van der Waals surface area contributed by atoms with Crippen molar-refractivity contribution >= 4 is 39.7 Å². The molecule has 8 heteroatoms. The Labute approximate surface area is 208 Å². The highest BCUT2D eigenvalue weighted by Crippen LogP contribution is 2.35. The van der Waals surface area contributed by atoms with Crippen LogP contribution in [-0.4, -0.2) is 37.5 Å². The van der Waals surface area contributed by atoms with E-state index >= 15 is 0 Å². The molecule has 0 saturated carbocycles. The molecule has 0 aliphatic heterocycles. The maximum atomic E-state index is 12.6. The Balaban J connectivity index is 1.82. The Hall–Kier alpha value is -4.20. The first-order valence-electron chi connectivity index (χ1n) is 12.3. The van der Waals surface area contributed by atoms with Gasteiger partial charge in [0.25, 0.3) is 0 Å². The fourth-order valence-electron chi connectivity index (χ4n) is 4.46. The lowest BCUT2D eigenvalue weighted by Gasteiger charge is -2.10.